The van der Waals surface area contributed by atoms with Crippen LogP contribution in [0.5, 0.6) is 0 Å². The molecule has 16 heavy (non-hydrogen) atoms. The lowest BCUT2D eigenvalue weighted by Crippen LogP contribution is -2.22. The van der Waals surface area contributed by atoms with Gasteiger partial charge in [-0.1, -0.05) is 0 Å². The molecule has 5 heteroatoms. The largest absolute Gasteiger partial charge is 0.378 e. The molecule has 1 aromatic rings. The summed E-state index contributed by atoms with van der Waals surface area (Å²) in [5.74, 6) is 0. The van der Waals surface area contributed by atoms with E-state index in [2.05, 4.69) is 27.7 Å². The standard InChI is InChI=1S/C11H15IN2O2/c12-9-7-11(15)14(13-8-9)5-1-3-10-4-2-6-16-10/h7-8,10H,1-6H2. The Morgan fingerprint density at radius 2 is 2.50 bits per heavy atom. The fourth-order valence-corrected chi connectivity index (χ4v) is 2.31. The van der Waals surface area contributed by atoms with Crippen LogP contribution in [0.1, 0.15) is 25.7 Å². The smallest absolute Gasteiger partial charge is 0.267 e. The van der Waals surface area contributed by atoms with Gasteiger partial charge >= 0.3 is 0 Å². The van der Waals surface area contributed by atoms with E-state index in [1.807, 2.05) is 0 Å². The van der Waals surface area contributed by atoms with Crippen LogP contribution in [0.25, 0.3) is 0 Å². The topological polar surface area (TPSA) is 44.1 Å². The maximum absolute atomic E-state index is 11.5. The summed E-state index contributed by atoms with van der Waals surface area (Å²) in [6.07, 6.45) is 6.44. The molecule has 0 amide bonds. The lowest BCUT2D eigenvalue weighted by Gasteiger charge is -2.09. The monoisotopic (exact) mass is 334 g/mol. The number of rotatable bonds is 4. The first-order valence-electron chi connectivity index (χ1n) is 5.60. The molecule has 1 aliphatic heterocycles. The average Bonchev–Trinajstić information content (AvgIpc) is 2.74. The molecule has 1 aromatic heterocycles. The van der Waals surface area contributed by atoms with Gasteiger partial charge in [-0.05, 0) is 48.3 Å². The Balaban J connectivity index is 1.82. The molecule has 1 atom stereocenters. The molecule has 88 valence electrons. The van der Waals surface area contributed by atoms with Gasteiger partial charge in [0.1, 0.15) is 0 Å². The molecule has 2 heterocycles. The summed E-state index contributed by atoms with van der Waals surface area (Å²) in [5, 5.41) is 4.10. The second kappa shape index (κ2) is 5.77. The molecule has 0 spiro atoms. The van der Waals surface area contributed by atoms with E-state index >= 15 is 0 Å². The number of aromatic nitrogens is 2. The van der Waals surface area contributed by atoms with Gasteiger partial charge in [0.05, 0.1) is 12.3 Å². The normalized spacial score (nSPS) is 20.2. The van der Waals surface area contributed by atoms with Crippen LogP contribution in [0, 0.1) is 3.57 Å². The zero-order chi connectivity index (χ0) is 11.4. The van der Waals surface area contributed by atoms with E-state index < -0.39 is 0 Å². The molecule has 0 radical (unpaired) electrons. The van der Waals surface area contributed by atoms with E-state index in [1.54, 1.807) is 12.3 Å². The van der Waals surface area contributed by atoms with Crippen molar-refractivity contribution in [3.05, 3.63) is 26.2 Å². The van der Waals surface area contributed by atoms with Gasteiger partial charge in [-0.3, -0.25) is 4.79 Å². The summed E-state index contributed by atoms with van der Waals surface area (Å²) in [6, 6.07) is 1.61. The van der Waals surface area contributed by atoms with Gasteiger partial charge in [0.25, 0.3) is 5.56 Å². The van der Waals surface area contributed by atoms with Crippen molar-refractivity contribution in [3.8, 4) is 0 Å². The Bertz CT molecular complexity index is 399. The molecule has 0 N–H and O–H groups in total. The molecule has 1 saturated heterocycles. The quantitative estimate of drug-likeness (QED) is 0.789. The van der Waals surface area contributed by atoms with Gasteiger partial charge in [0.2, 0.25) is 0 Å². The second-order valence-electron chi connectivity index (χ2n) is 4.01. The van der Waals surface area contributed by atoms with Crippen LogP contribution in [0.2, 0.25) is 0 Å². The summed E-state index contributed by atoms with van der Waals surface area (Å²) in [5.41, 5.74) is -0.0146. The molecule has 0 saturated carbocycles. The zero-order valence-corrected chi connectivity index (χ0v) is 11.2. The Morgan fingerprint density at radius 1 is 1.62 bits per heavy atom. The van der Waals surface area contributed by atoms with Crippen LogP contribution in [-0.2, 0) is 11.3 Å². The number of hydrogen-bond acceptors (Lipinski definition) is 3. The predicted octanol–water partition coefficient (Wildman–Crippen LogP) is 1.81. The molecule has 1 fully saturated rings. The highest BCUT2D eigenvalue weighted by Gasteiger charge is 2.14. The predicted molar refractivity (Wildman–Crippen MR) is 69.4 cm³/mol. The molecule has 0 bridgehead atoms. The van der Waals surface area contributed by atoms with Gasteiger partial charge in [0.15, 0.2) is 0 Å². The lowest BCUT2D eigenvalue weighted by molar-refractivity contribution is 0.101. The van der Waals surface area contributed by atoms with Crippen molar-refractivity contribution in [2.45, 2.75) is 38.3 Å². The maximum atomic E-state index is 11.5. The van der Waals surface area contributed by atoms with Crippen molar-refractivity contribution in [1.82, 2.24) is 9.78 Å². The Kier molecular flexibility index (Phi) is 4.34. The van der Waals surface area contributed by atoms with Crippen LogP contribution < -0.4 is 5.56 Å². The Hall–Kier alpha value is -0.430. The molecular weight excluding hydrogens is 319 g/mol. The van der Waals surface area contributed by atoms with E-state index in [9.17, 15) is 4.79 Å². The van der Waals surface area contributed by atoms with E-state index in [0.717, 1.165) is 29.4 Å². The number of aryl methyl sites for hydroxylation is 1. The number of hydrogen-bond donors (Lipinski definition) is 0. The number of ether oxygens (including phenoxy) is 1. The zero-order valence-electron chi connectivity index (χ0n) is 9.06. The minimum atomic E-state index is -0.0146. The van der Waals surface area contributed by atoms with Crippen molar-refractivity contribution >= 4 is 22.6 Å². The van der Waals surface area contributed by atoms with Crippen molar-refractivity contribution < 1.29 is 4.74 Å². The van der Waals surface area contributed by atoms with Gasteiger partial charge in [0, 0.05) is 22.8 Å². The highest BCUT2D eigenvalue weighted by Crippen LogP contribution is 2.16. The highest BCUT2D eigenvalue weighted by molar-refractivity contribution is 14.1. The van der Waals surface area contributed by atoms with Crippen molar-refractivity contribution in [3.63, 3.8) is 0 Å². The van der Waals surface area contributed by atoms with E-state index in [-0.39, 0.29) is 5.56 Å². The minimum absolute atomic E-state index is 0.0146. The van der Waals surface area contributed by atoms with E-state index in [0.29, 0.717) is 12.6 Å². The Labute approximate surface area is 108 Å². The van der Waals surface area contributed by atoms with Crippen molar-refractivity contribution in [1.29, 1.82) is 0 Å². The van der Waals surface area contributed by atoms with Crippen molar-refractivity contribution in [2.75, 3.05) is 6.61 Å². The molecule has 2 rings (SSSR count). The third-order valence-electron chi connectivity index (χ3n) is 2.76. The van der Waals surface area contributed by atoms with Crippen LogP contribution >= 0.6 is 22.6 Å². The van der Waals surface area contributed by atoms with E-state index in [1.165, 1.54) is 11.1 Å². The molecule has 1 unspecified atom stereocenters. The fourth-order valence-electron chi connectivity index (χ4n) is 1.92. The first-order chi connectivity index (χ1) is 7.75. The third kappa shape index (κ3) is 3.28. The lowest BCUT2D eigenvalue weighted by atomic mass is 10.1. The molecule has 0 aliphatic carbocycles. The van der Waals surface area contributed by atoms with Crippen LogP contribution in [0.3, 0.4) is 0 Å². The summed E-state index contributed by atoms with van der Waals surface area (Å²) in [4.78, 5) is 11.5. The van der Waals surface area contributed by atoms with Gasteiger partial charge in [-0.15, -0.1) is 0 Å². The van der Waals surface area contributed by atoms with Gasteiger partial charge in [-0.2, -0.15) is 5.10 Å². The van der Waals surface area contributed by atoms with E-state index in [4.69, 9.17) is 4.74 Å². The maximum Gasteiger partial charge on any atom is 0.267 e. The second-order valence-corrected chi connectivity index (χ2v) is 5.26. The Morgan fingerprint density at radius 3 is 3.19 bits per heavy atom. The van der Waals surface area contributed by atoms with Gasteiger partial charge in [-0.25, -0.2) is 4.68 Å². The van der Waals surface area contributed by atoms with Crippen molar-refractivity contribution in [2.24, 2.45) is 0 Å². The summed E-state index contributed by atoms with van der Waals surface area (Å²) in [7, 11) is 0. The summed E-state index contributed by atoms with van der Waals surface area (Å²) in [6.45, 7) is 1.59. The third-order valence-corrected chi connectivity index (χ3v) is 3.35. The first-order valence-corrected chi connectivity index (χ1v) is 6.68. The highest BCUT2D eigenvalue weighted by atomic mass is 127. The number of nitrogens with zero attached hydrogens (tertiary/aromatic N) is 2. The number of halogens is 1. The SMILES string of the molecule is O=c1cc(I)cnn1CCCC1CCCO1. The van der Waals surface area contributed by atoms with Gasteiger partial charge < -0.3 is 4.74 Å². The molecule has 4 nitrogen and oxygen atoms in total. The average molecular weight is 334 g/mol. The van der Waals surface area contributed by atoms with Crippen LogP contribution in [-0.4, -0.2) is 22.5 Å². The molecular formula is C11H15IN2O2. The minimum Gasteiger partial charge on any atom is -0.378 e. The molecule has 0 aromatic carbocycles. The summed E-state index contributed by atoms with van der Waals surface area (Å²) < 4.78 is 7.94. The van der Waals surface area contributed by atoms with Crippen LogP contribution in [0.4, 0.5) is 0 Å². The van der Waals surface area contributed by atoms with Crippen LogP contribution in [0.15, 0.2) is 17.1 Å². The fraction of sp³-hybridized carbons (Fsp3) is 0.636. The summed E-state index contributed by atoms with van der Waals surface area (Å²) >= 11 is 2.09. The first kappa shape index (κ1) is 12.0. The molecule has 1 aliphatic rings.